The lowest BCUT2D eigenvalue weighted by Crippen LogP contribution is -2.14. The third-order valence-electron chi connectivity index (χ3n) is 2.33. The monoisotopic (exact) mass is 396 g/mol. The van der Waals surface area contributed by atoms with Crippen molar-refractivity contribution in [2.24, 2.45) is 0 Å². The van der Waals surface area contributed by atoms with Crippen LogP contribution in [-0.4, -0.2) is 50.3 Å². The molecular formula is C20H28O8. The molecule has 1 aliphatic rings. The molecule has 1 rings (SSSR count). The first-order valence-electron chi connectivity index (χ1n) is 8.20. The van der Waals surface area contributed by atoms with Gasteiger partial charge in [0.25, 0.3) is 0 Å². The maximum absolute atomic E-state index is 10.8. The van der Waals surface area contributed by atoms with Gasteiger partial charge < -0.3 is 18.9 Å². The average Bonchev–Trinajstić information content (AvgIpc) is 3.47. The number of carbonyl (C=O) groups is 4. The maximum atomic E-state index is 10.8. The third-order valence-corrected chi connectivity index (χ3v) is 2.33. The van der Waals surface area contributed by atoms with Crippen molar-refractivity contribution in [3.05, 3.63) is 48.6 Å². The Balaban J connectivity index is 0. The summed E-state index contributed by atoms with van der Waals surface area (Å²) in [6.07, 6.45) is 0. The van der Waals surface area contributed by atoms with Gasteiger partial charge in [-0.2, -0.15) is 0 Å². The van der Waals surface area contributed by atoms with Crippen LogP contribution in [0.4, 0.5) is 0 Å². The molecule has 156 valence electrons. The minimum atomic E-state index is -0.710. The van der Waals surface area contributed by atoms with Crippen LogP contribution in [0.25, 0.3) is 0 Å². The first-order valence-corrected chi connectivity index (χ1v) is 8.20. The van der Waals surface area contributed by atoms with Gasteiger partial charge in [0.05, 0.1) is 13.2 Å². The highest BCUT2D eigenvalue weighted by molar-refractivity contribution is 6.00. The highest BCUT2D eigenvalue weighted by Gasteiger charge is 2.10. The molecule has 0 amide bonds. The van der Waals surface area contributed by atoms with E-state index in [4.69, 9.17) is 0 Å². The van der Waals surface area contributed by atoms with Gasteiger partial charge in [0.2, 0.25) is 0 Å². The van der Waals surface area contributed by atoms with Gasteiger partial charge in [-0.3, -0.25) is 0 Å². The van der Waals surface area contributed by atoms with E-state index in [0.29, 0.717) is 11.1 Å². The van der Waals surface area contributed by atoms with Crippen LogP contribution in [0.3, 0.4) is 0 Å². The Morgan fingerprint density at radius 2 is 0.893 bits per heavy atom. The zero-order valence-electron chi connectivity index (χ0n) is 16.9. The van der Waals surface area contributed by atoms with Crippen molar-refractivity contribution in [3.63, 3.8) is 0 Å². The quantitative estimate of drug-likeness (QED) is 0.161. The summed E-state index contributed by atoms with van der Waals surface area (Å²) >= 11 is 0. The van der Waals surface area contributed by atoms with Crippen LogP contribution in [-0.2, 0) is 38.1 Å². The van der Waals surface area contributed by atoms with Gasteiger partial charge in [-0.25, -0.2) is 19.2 Å². The van der Waals surface area contributed by atoms with Crippen LogP contribution in [0.5, 0.6) is 0 Å². The van der Waals surface area contributed by atoms with Gasteiger partial charge in [-0.15, -0.1) is 0 Å². The minimum Gasteiger partial charge on any atom is -0.459 e. The van der Waals surface area contributed by atoms with Gasteiger partial charge >= 0.3 is 23.9 Å². The molecule has 28 heavy (non-hydrogen) atoms. The fourth-order valence-corrected chi connectivity index (χ4v) is 0.774. The summed E-state index contributed by atoms with van der Waals surface area (Å²) in [5, 5.41) is 0. The number of hydrogen-bond donors (Lipinski definition) is 0. The lowest BCUT2D eigenvalue weighted by Gasteiger charge is -2.05. The van der Waals surface area contributed by atoms with Gasteiger partial charge in [-0.05, 0) is 27.7 Å². The molecule has 1 saturated heterocycles. The van der Waals surface area contributed by atoms with Crippen LogP contribution in [0.1, 0.15) is 27.7 Å². The normalized spacial score (nSPS) is 10.4. The van der Waals surface area contributed by atoms with Crippen molar-refractivity contribution < 1.29 is 38.1 Å². The summed E-state index contributed by atoms with van der Waals surface area (Å²) < 4.78 is 18.2. The summed E-state index contributed by atoms with van der Waals surface area (Å²) in [5.74, 6) is -2.40. The number of esters is 4. The van der Waals surface area contributed by atoms with E-state index in [9.17, 15) is 19.2 Å². The molecule has 0 aromatic carbocycles. The van der Waals surface area contributed by atoms with Crippen molar-refractivity contribution in [2.75, 3.05) is 26.4 Å². The largest absolute Gasteiger partial charge is 0.459 e. The molecule has 0 aliphatic carbocycles. The Morgan fingerprint density at radius 1 is 0.643 bits per heavy atom. The molecule has 0 radical (unpaired) electrons. The summed E-state index contributed by atoms with van der Waals surface area (Å²) in [5.41, 5.74) is 1.02. The Kier molecular flexibility index (Phi) is 14.7. The van der Waals surface area contributed by atoms with E-state index in [-0.39, 0.29) is 24.4 Å². The molecule has 0 aromatic heterocycles. The van der Waals surface area contributed by atoms with Crippen molar-refractivity contribution >= 4 is 23.9 Å². The fraction of sp³-hybridized carbons (Fsp3) is 0.400. The molecule has 0 N–H and O–H groups in total. The number of epoxide rings is 1. The standard InChI is InChI=1S/C10H14O4.C8H10O3.C2H4O/c1-7(2)9(11)13-5-6-14-10(12)8(3)4;1-5(2)7(9)11-8(10)6(3)4;1-2-3-1/h1,3,5-6H2,2,4H3;1,3H2,2,4H3;1-2H2. The predicted octanol–water partition coefficient (Wildman–Crippen LogP) is 2.45. The predicted molar refractivity (Wildman–Crippen MR) is 103 cm³/mol. The van der Waals surface area contributed by atoms with E-state index < -0.39 is 23.9 Å². The van der Waals surface area contributed by atoms with E-state index in [1.807, 2.05) is 0 Å². The summed E-state index contributed by atoms with van der Waals surface area (Å²) in [7, 11) is 0. The molecule has 0 aromatic rings. The SMILES string of the molecule is C1CO1.C=C(C)C(=O)OC(=O)C(=C)C.C=C(C)C(=O)OCCOC(=O)C(=C)C. The van der Waals surface area contributed by atoms with Gasteiger partial charge in [-0.1, -0.05) is 26.3 Å². The second-order valence-electron chi connectivity index (χ2n) is 5.68. The molecule has 0 spiro atoms. The van der Waals surface area contributed by atoms with Crippen LogP contribution >= 0.6 is 0 Å². The van der Waals surface area contributed by atoms with Crippen LogP contribution in [0.2, 0.25) is 0 Å². The second kappa shape index (κ2) is 15.1. The highest BCUT2D eigenvalue weighted by atomic mass is 16.6. The van der Waals surface area contributed by atoms with E-state index in [2.05, 4.69) is 45.3 Å². The average molecular weight is 396 g/mol. The van der Waals surface area contributed by atoms with Gasteiger partial charge in [0, 0.05) is 22.3 Å². The molecule has 0 saturated carbocycles. The third kappa shape index (κ3) is 17.8. The topological polar surface area (TPSA) is 108 Å². The Bertz CT molecular complexity index is 586. The molecular weight excluding hydrogens is 368 g/mol. The van der Waals surface area contributed by atoms with Crippen molar-refractivity contribution in [3.8, 4) is 0 Å². The minimum absolute atomic E-state index is 0.0325. The second-order valence-corrected chi connectivity index (χ2v) is 5.68. The van der Waals surface area contributed by atoms with Crippen LogP contribution < -0.4 is 0 Å². The Hall–Kier alpha value is -3.00. The lowest BCUT2D eigenvalue weighted by atomic mass is 10.3. The molecule has 0 bridgehead atoms. The summed E-state index contributed by atoms with van der Waals surface area (Å²) in [6, 6.07) is 0. The Morgan fingerprint density at radius 3 is 1.07 bits per heavy atom. The van der Waals surface area contributed by atoms with E-state index in [0.717, 1.165) is 13.2 Å². The maximum Gasteiger partial charge on any atom is 0.340 e. The molecule has 1 aliphatic heterocycles. The fourth-order valence-electron chi connectivity index (χ4n) is 0.774. The van der Waals surface area contributed by atoms with E-state index >= 15 is 0 Å². The Labute approximate surface area is 165 Å². The zero-order chi connectivity index (χ0) is 22.3. The number of ether oxygens (including phenoxy) is 4. The molecule has 8 heteroatoms. The van der Waals surface area contributed by atoms with Crippen molar-refractivity contribution in [1.29, 1.82) is 0 Å². The van der Waals surface area contributed by atoms with E-state index in [1.165, 1.54) is 13.8 Å². The van der Waals surface area contributed by atoms with Crippen LogP contribution in [0, 0.1) is 0 Å². The zero-order valence-corrected chi connectivity index (χ0v) is 16.9. The smallest absolute Gasteiger partial charge is 0.340 e. The van der Waals surface area contributed by atoms with E-state index in [1.54, 1.807) is 13.8 Å². The summed E-state index contributed by atoms with van der Waals surface area (Å²) in [4.78, 5) is 43.0. The highest BCUT2D eigenvalue weighted by Crippen LogP contribution is 1.97. The first kappa shape index (κ1) is 27.2. The molecule has 8 nitrogen and oxygen atoms in total. The number of carbonyl (C=O) groups excluding carboxylic acids is 4. The number of hydrogen-bond acceptors (Lipinski definition) is 8. The molecule has 1 heterocycles. The van der Waals surface area contributed by atoms with Gasteiger partial charge in [0.1, 0.15) is 13.2 Å². The first-order chi connectivity index (χ1) is 12.9. The van der Waals surface area contributed by atoms with Crippen molar-refractivity contribution in [2.45, 2.75) is 27.7 Å². The van der Waals surface area contributed by atoms with Gasteiger partial charge in [0.15, 0.2) is 0 Å². The van der Waals surface area contributed by atoms with Crippen molar-refractivity contribution in [1.82, 2.24) is 0 Å². The molecule has 1 fully saturated rings. The molecule has 0 atom stereocenters. The lowest BCUT2D eigenvalue weighted by molar-refractivity contribution is -0.154. The number of rotatable bonds is 7. The summed E-state index contributed by atoms with van der Waals surface area (Å²) in [6.45, 7) is 21.5. The molecule has 0 unspecified atom stereocenters. The van der Waals surface area contributed by atoms with Crippen LogP contribution in [0.15, 0.2) is 48.6 Å².